The molecule has 3 rings (SSSR count). The highest BCUT2D eigenvalue weighted by Crippen LogP contribution is 2.28. The quantitative estimate of drug-likeness (QED) is 0.876. The lowest BCUT2D eigenvalue weighted by atomic mass is 10.0. The van der Waals surface area contributed by atoms with Crippen molar-refractivity contribution in [3.63, 3.8) is 0 Å². The number of nitrogens with zero attached hydrogens (tertiary/aromatic N) is 3. The lowest BCUT2D eigenvalue weighted by Crippen LogP contribution is -2.25. The van der Waals surface area contributed by atoms with E-state index in [0.717, 1.165) is 0 Å². The summed E-state index contributed by atoms with van der Waals surface area (Å²) in [5.74, 6) is -0.783. The molecule has 2 aromatic rings. The van der Waals surface area contributed by atoms with Crippen LogP contribution in [-0.2, 0) is 9.84 Å². The van der Waals surface area contributed by atoms with Crippen molar-refractivity contribution in [1.29, 1.82) is 0 Å². The zero-order valence-corrected chi connectivity index (χ0v) is 11.4. The van der Waals surface area contributed by atoms with Gasteiger partial charge in [0, 0.05) is 5.92 Å². The van der Waals surface area contributed by atoms with Gasteiger partial charge < -0.3 is 5.11 Å². The lowest BCUT2D eigenvalue weighted by molar-refractivity contribution is 0.0688. The molecule has 1 fully saturated rings. The van der Waals surface area contributed by atoms with Gasteiger partial charge in [-0.3, -0.25) is 4.40 Å². The normalized spacial score (nSPS) is 21.9. The van der Waals surface area contributed by atoms with E-state index in [1.165, 1.54) is 10.5 Å². The first-order valence-corrected chi connectivity index (χ1v) is 8.08. The molecule has 0 radical (unpaired) electrons. The Morgan fingerprint density at radius 3 is 2.85 bits per heavy atom. The van der Waals surface area contributed by atoms with Gasteiger partial charge in [0.25, 0.3) is 0 Å². The maximum atomic E-state index is 11.7. The van der Waals surface area contributed by atoms with E-state index in [-0.39, 0.29) is 23.1 Å². The first kappa shape index (κ1) is 13.0. The highest BCUT2D eigenvalue weighted by Gasteiger charge is 2.30. The lowest BCUT2D eigenvalue weighted by Gasteiger charge is -2.20. The number of aromatic carboxylic acids is 1. The van der Waals surface area contributed by atoms with Crippen LogP contribution in [0.3, 0.4) is 0 Å². The second-order valence-electron chi connectivity index (χ2n) is 4.92. The van der Waals surface area contributed by atoms with Crippen molar-refractivity contribution in [1.82, 2.24) is 14.6 Å². The van der Waals surface area contributed by atoms with Crippen LogP contribution in [0.15, 0.2) is 18.2 Å². The molecular weight excluding hydrogens is 282 g/mol. The molecule has 1 atom stereocenters. The van der Waals surface area contributed by atoms with Crippen LogP contribution in [-0.4, -0.2) is 45.6 Å². The molecule has 1 N–H and O–H groups in total. The third-order valence-corrected chi connectivity index (χ3v) is 5.32. The molecule has 0 bridgehead atoms. The third-order valence-electron chi connectivity index (χ3n) is 3.50. The van der Waals surface area contributed by atoms with Crippen LogP contribution in [0, 0.1) is 0 Å². The molecule has 8 heteroatoms. The number of rotatable bonds is 2. The number of carboxylic acid groups (broad SMARTS) is 1. The summed E-state index contributed by atoms with van der Waals surface area (Å²) in [5.41, 5.74) is 0.466. The van der Waals surface area contributed by atoms with Gasteiger partial charge in [0.1, 0.15) is 11.5 Å². The molecule has 106 valence electrons. The highest BCUT2D eigenvalue weighted by atomic mass is 32.2. The average Bonchev–Trinajstić information content (AvgIpc) is 2.80. The zero-order valence-electron chi connectivity index (χ0n) is 10.6. The summed E-state index contributed by atoms with van der Waals surface area (Å²) < 4.78 is 24.9. The van der Waals surface area contributed by atoms with Crippen LogP contribution in [0.4, 0.5) is 0 Å². The van der Waals surface area contributed by atoms with Gasteiger partial charge >= 0.3 is 5.97 Å². The van der Waals surface area contributed by atoms with Gasteiger partial charge in [-0.25, -0.2) is 13.2 Å². The number of carboxylic acids is 1. The van der Waals surface area contributed by atoms with E-state index >= 15 is 0 Å². The second kappa shape index (κ2) is 4.55. The second-order valence-corrected chi connectivity index (χ2v) is 7.15. The summed E-state index contributed by atoms with van der Waals surface area (Å²) in [5, 5.41) is 17.2. The SMILES string of the molecule is O=C(O)c1cccc2nnc(C3CCCS(=O)(=O)C3)n12. The van der Waals surface area contributed by atoms with Crippen molar-refractivity contribution in [2.75, 3.05) is 11.5 Å². The van der Waals surface area contributed by atoms with Gasteiger partial charge in [-0.15, -0.1) is 10.2 Å². The van der Waals surface area contributed by atoms with E-state index < -0.39 is 15.8 Å². The molecule has 7 nitrogen and oxygen atoms in total. The van der Waals surface area contributed by atoms with Crippen molar-refractivity contribution < 1.29 is 18.3 Å². The number of hydrogen-bond donors (Lipinski definition) is 1. The van der Waals surface area contributed by atoms with Gasteiger partial charge in [-0.2, -0.15) is 0 Å². The first-order valence-electron chi connectivity index (χ1n) is 6.26. The Morgan fingerprint density at radius 2 is 2.15 bits per heavy atom. The molecule has 1 unspecified atom stereocenters. The minimum atomic E-state index is -3.09. The van der Waals surface area contributed by atoms with Crippen LogP contribution in [0.1, 0.15) is 35.1 Å². The van der Waals surface area contributed by atoms with Gasteiger partial charge in [0.2, 0.25) is 0 Å². The zero-order chi connectivity index (χ0) is 14.3. The number of sulfone groups is 1. The Labute approximate surface area is 115 Å². The van der Waals surface area contributed by atoms with E-state index in [1.807, 2.05) is 0 Å². The summed E-state index contributed by atoms with van der Waals surface area (Å²) in [4.78, 5) is 11.3. The molecule has 0 saturated carbocycles. The van der Waals surface area contributed by atoms with Crippen molar-refractivity contribution >= 4 is 21.5 Å². The van der Waals surface area contributed by atoms with Gasteiger partial charge in [0.05, 0.1) is 11.5 Å². The smallest absolute Gasteiger partial charge is 0.352 e. The maximum Gasteiger partial charge on any atom is 0.352 e. The number of carbonyl (C=O) groups is 1. The molecule has 0 amide bonds. The minimum Gasteiger partial charge on any atom is -0.477 e. The van der Waals surface area contributed by atoms with Crippen molar-refractivity contribution in [3.8, 4) is 0 Å². The summed E-state index contributed by atoms with van der Waals surface area (Å²) >= 11 is 0. The fourth-order valence-corrected chi connectivity index (χ4v) is 4.32. The summed E-state index contributed by atoms with van der Waals surface area (Å²) in [6.07, 6.45) is 1.24. The first-order chi connectivity index (χ1) is 9.48. The standard InChI is InChI=1S/C12H13N3O4S/c16-12(17)9-4-1-5-10-13-14-11(15(9)10)8-3-2-6-20(18,19)7-8/h1,4-5,8H,2-3,6-7H2,(H,16,17). The molecule has 3 heterocycles. The number of fused-ring (bicyclic) bond motifs is 1. The maximum absolute atomic E-state index is 11.7. The molecule has 1 aliphatic heterocycles. The Hall–Kier alpha value is -1.96. The van der Waals surface area contributed by atoms with Crippen LogP contribution in [0.25, 0.3) is 5.65 Å². The highest BCUT2D eigenvalue weighted by molar-refractivity contribution is 7.91. The predicted octanol–water partition coefficient (Wildman–Crippen LogP) is 0.720. The van der Waals surface area contributed by atoms with Crippen LogP contribution < -0.4 is 0 Å². The van der Waals surface area contributed by atoms with Crippen molar-refractivity contribution in [2.24, 2.45) is 0 Å². The molecule has 20 heavy (non-hydrogen) atoms. The van der Waals surface area contributed by atoms with Gasteiger partial charge in [-0.05, 0) is 25.0 Å². The molecule has 1 saturated heterocycles. The predicted molar refractivity (Wildman–Crippen MR) is 70.6 cm³/mol. The Kier molecular flexibility index (Phi) is 2.97. The fraction of sp³-hybridized carbons (Fsp3) is 0.417. The molecule has 2 aromatic heterocycles. The fourth-order valence-electron chi connectivity index (χ4n) is 2.62. The Morgan fingerprint density at radius 1 is 1.35 bits per heavy atom. The van der Waals surface area contributed by atoms with E-state index in [0.29, 0.717) is 24.3 Å². The molecule has 0 aliphatic carbocycles. The molecule has 0 aromatic carbocycles. The molecule has 1 aliphatic rings. The van der Waals surface area contributed by atoms with Crippen molar-refractivity contribution in [3.05, 3.63) is 29.7 Å². The van der Waals surface area contributed by atoms with Gasteiger partial charge in [0.15, 0.2) is 15.5 Å². The molecule has 0 spiro atoms. The monoisotopic (exact) mass is 295 g/mol. The van der Waals surface area contributed by atoms with E-state index in [2.05, 4.69) is 10.2 Å². The number of hydrogen-bond acceptors (Lipinski definition) is 5. The summed E-state index contributed by atoms with van der Waals surface area (Å²) in [6, 6.07) is 4.70. The molecular formula is C12H13N3O4S. The van der Waals surface area contributed by atoms with Crippen molar-refractivity contribution in [2.45, 2.75) is 18.8 Å². The number of aromatic nitrogens is 3. The van der Waals surface area contributed by atoms with Crippen LogP contribution in [0.2, 0.25) is 0 Å². The van der Waals surface area contributed by atoms with E-state index in [4.69, 9.17) is 0 Å². The van der Waals surface area contributed by atoms with Crippen LogP contribution >= 0.6 is 0 Å². The third kappa shape index (κ3) is 2.15. The summed E-state index contributed by atoms with van der Waals surface area (Å²) in [6.45, 7) is 0. The van der Waals surface area contributed by atoms with E-state index in [1.54, 1.807) is 12.1 Å². The minimum absolute atomic E-state index is 0.00173. The Bertz CT molecular complexity index is 781. The van der Waals surface area contributed by atoms with Crippen LogP contribution in [0.5, 0.6) is 0 Å². The van der Waals surface area contributed by atoms with Gasteiger partial charge in [-0.1, -0.05) is 6.07 Å². The average molecular weight is 295 g/mol. The largest absolute Gasteiger partial charge is 0.477 e. The summed E-state index contributed by atoms with van der Waals surface area (Å²) in [7, 11) is -3.09. The Balaban J connectivity index is 2.15. The number of pyridine rings is 1. The topological polar surface area (TPSA) is 102 Å². The van der Waals surface area contributed by atoms with E-state index in [9.17, 15) is 18.3 Å².